The Balaban J connectivity index is 0.00000300. The van der Waals surface area contributed by atoms with Gasteiger partial charge in [0.25, 0.3) is 0 Å². The highest BCUT2D eigenvalue weighted by Gasteiger charge is 2.20. The first-order valence-electron chi connectivity index (χ1n) is 9.41. The lowest BCUT2D eigenvalue weighted by Crippen LogP contribution is -2.43. The van der Waals surface area contributed by atoms with Gasteiger partial charge in [0.1, 0.15) is 12.4 Å². The maximum absolute atomic E-state index is 4.74. The van der Waals surface area contributed by atoms with Gasteiger partial charge in [0.05, 0.1) is 6.54 Å². The summed E-state index contributed by atoms with van der Waals surface area (Å²) < 4.78 is 1.97. The van der Waals surface area contributed by atoms with Crippen LogP contribution in [0, 0.1) is 6.92 Å². The standard InChI is InChI=1S/C21H28N6S.HI/c1-16-25-26-19(27(16)4)14-23-20(22-13-18-11-8-12-28-18)24-15-21(2,3)17-9-6-5-7-10-17;/h5-12H,13-15H2,1-4H3,(H2,22,23,24);1H. The first-order valence-corrected chi connectivity index (χ1v) is 10.3. The van der Waals surface area contributed by atoms with Crippen molar-refractivity contribution in [3.05, 3.63) is 69.9 Å². The molecule has 2 heterocycles. The van der Waals surface area contributed by atoms with Crippen LogP contribution in [0.4, 0.5) is 0 Å². The third kappa shape index (κ3) is 6.53. The zero-order valence-electron chi connectivity index (χ0n) is 17.3. The third-order valence-electron chi connectivity index (χ3n) is 4.82. The largest absolute Gasteiger partial charge is 0.356 e. The lowest BCUT2D eigenvalue weighted by atomic mass is 9.85. The van der Waals surface area contributed by atoms with E-state index in [1.165, 1.54) is 10.4 Å². The highest BCUT2D eigenvalue weighted by atomic mass is 127. The number of guanidine groups is 1. The second-order valence-electron chi connectivity index (χ2n) is 7.42. The summed E-state index contributed by atoms with van der Waals surface area (Å²) in [5.74, 6) is 2.51. The minimum atomic E-state index is -0.0198. The molecule has 29 heavy (non-hydrogen) atoms. The average molecular weight is 524 g/mol. The van der Waals surface area contributed by atoms with Gasteiger partial charge in [0.15, 0.2) is 11.8 Å². The van der Waals surface area contributed by atoms with Gasteiger partial charge < -0.3 is 15.2 Å². The Bertz CT molecular complexity index is 903. The van der Waals surface area contributed by atoms with E-state index in [-0.39, 0.29) is 29.4 Å². The number of halogens is 1. The number of hydrogen-bond acceptors (Lipinski definition) is 4. The van der Waals surface area contributed by atoms with E-state index in [0.717, 1.165) is 30.7 Å². The number of thiophene rings is 1. The van der Waals surface area contributed by atoms with Crippen LogP contribution in [0.5, 0.6) is 0 Å². The van der Waals surface area contributed by atoms with E-state index in [9.17, 15) is 0 Å². The van der Waals surface area contributed by atoms with Crippen LogP contribution in [0.2, 0.25) is 0 Å². The zero-order chi connectivity index (χ0) is 20.0. The van der Waals surface area contributed by atoms with Crippen molar-refractivity contribution >= 4 is 41.3 Å². The Morgan fingerprint density at radius 1 is 1.10 bits per heavy atom. The van der Waals surface area contributed by atoms with Crippen molar-refractivity contribution in [3.8, 4) is 0 Å². The number of nitrogens with one attached hydrogen (secondary N) is 2. The maximum Gasteiger partial charge on any atom is 0.192 e. The lowest BCUT2D eigenvalue weighted by molar-refractivity contribution is 0.508. The van der Waals surface area contributed by atoms with E-state index in [2.05, 4.69) is 76.5 Å². The zero-order valence-corrected chi connectivity index (χ0v) is 20.5. The van der Waals surface area contributed by atoms with Crippen LogP contribution in [-0.4, -0.2) is 27.3 Å². The molecule has 0 spiro atoms. The van der Waals surface area contributed by atoms with Gasteiger partial charge in [-0.05, 0) is 23.9 Å². The smallest absolute Gasteiger partial charge is 0.192 e. The molecule has 6 nitrogen and oxygen atoms in total. The molecule has 0 unspecified atom stereocenters. The Hall–Kier alpha value is -1.94. The first-order chi connectivity index (χ1) is 13.5. The van der Waals surface area contributed by atoms with E-state index in [1.807, 2.05) is 24.6 Å². The van der Waals surface area contributed by atoms with Gasteiger partial charge >= 0.3 is 0 Å². The van der Waals surface area contributed by atoms with Crippen LogP contribution >= 0.6 is 35.3 Å². The lowest BCUT2D eigenvalue weighted by Gasteiger charge is -2.26. The number of aromatic nitrogens is 3. The average Bonchev–Trinajstić information content (AvgIpc) is 3.33. The Morgan fingerprint density at radius 2 is 1.86 bits per heavy atom. The molecule has 3 aromatic rings. The molecule has 0 atom stereocenters. The van der Waals surface area contributed by atoms with Crippen LogP contribution in [0.1, 0.15) is 35.9 Å². The Labute approximate surface area is 193 Å². The summed E-state index contributed by atoms with van der Waals surface area (Å²) in [5.41, 5.74) is 1.28. The van der Waals surface area contributed by atoms with Gasteiger partial charge in [0, 0.05) is 23.9 Å². The van der Waals surface area contributed by atoms with Gasteiger partial charge in [-0.1, -0.05) is 50.2 Å². The molecular weight excluding hydrogens is 495 g/mol. The fraction of sp³-hybridized carbons (Fsp3) is 0.381. The number of aliphatic imine (C=N–C) groups is 1. The van der Waals surface area contributed by atoms with Crippen molar-refractivity contribution in [2.75, 3.05) is 6.54 Å². The molecule has 3 rings (SSSR count). The summed E-state index contributed by atoms with van der Waals surface area (Å²) in [5, 5.41) is 17.3. The molecule has 0 radical (unpaired) electrons. The molecule has 0 aliphatic heterocycles. The monoisotopic (exact) mass is 524 g/mol. The van der Waals surface area contributed by atoms with Crippen molar-refractivity contribution in [1.82, 2.24) is 25.4 Å². The number of rotatable bonds is 7. The van der Waals surface area contributed by atoms with Crippen molar-refractivity contribution < 1.29 is 0 Å². The normalized spacial score (nSPS) is 11.8. The highest BCUT2D eigenvalue weighted by molar-refractivity contribution is 14.0. The van der Waals surface area contributed by atoms with Crippen LogP contribution in [0.3, 0.4) is 0 Å². The summed E-state index contributed by atoms with van der Waals surface area (Å²) in [4.78, 5) is 6.01. The second-order valence-corrected chi connectivity index (χ2v) is 8.46. The summed E-state index contributed by atoms with van der Waals surface area (Å²) in [7, 11) is 1.96. The van der Waals surface area contributed by atoms with Crippen molar-refractivity contribution in [3.63, 3.8) is 0 Å². The summed E-state index contributed by atoms with van der Waals surface area (Å²) in [6.07, 6.45) is 0. The number of benzene rings is 1. The van der Waals surface area contributed by atoms with Gasteiger partial charge in [-0.25, -0.2) is 4.99 Å². The van der Waals surface area contributed by atoms with Gasteiger partial charge in [-0.3, -0.25) is 0 Å². The molecule has 0 fully saturated rings. The molecule has 8 heteroatoms. The Kier molecular flexibility index (Phi) is 8.63. The summed E-state index contributed by atoms with van der Waals surface area (Å²) in [6.45, 7) is 8.40. The summed E-state index contributed by atoms with van der Waals surface area (Å²) >= 11 is 1.73. The predicted molar refractivity (Wildman–Crippen MR) is 131 cm³/mol. The van der Waals surface area contributed by atoms with Crippen molar-refractivity contribution in [1.29, 1.82) is 0 Å². The molecule has 0 aliphatic rings. The third-order valence-corrected chi connectivity index (χ3v) is 5.70. The minimum absolute atomic E-state index is 0. The number of nitrogens with zero attached hydrogens (tertiary/aromatic N) is 4. The summed E-state index contributed by atoms with van der Waals surface area (Å²) in [6, 6.07) is 14.7. The van der Waals surface area contributed by atoms with Crippen LogP contribution in [-0.2, 0) is 25.6 Å². The van der Waals surface area contributed by atoms with Crippen LogP contribution in [0.25, 0.3) is 0 Å². The number of hydrogen-bond donors (Lipinski definition) is 2. The molecule has 0 bridgehead atoms. The minimum Gasteiger partial charge on any atom is -0.356 e. The fourth-order valence-corrected chi connectivity index (χ4v) is 3.44. The van der Waals surface area contributed by atoms with Gasteiger partial charge in [-0.2, -0.15) is 0 Å². The van der Waals surface area contributed by atoms with E-state index >= 15 is 0 Å². The molecular formula is C21H29IN6S. The Morgan fingerprint density at radius 3 is 2.48 bits per heavy atom. The maximum atomic E-state index is 4.74. The topological polar surface area (TPSA) is 67.1 Å². The molecule has 2 N–H and O–H groups in total. The molecule has 0 saturated carbocycles. The highest BCUT2D eigenvalue weighted by Crippen LogP contribution is 2.21. The van der Waals surface area contributed by atoms with Gasteiger partial charge in [-0.15, -0.1) is 45.5 Å². The molecule has 0 saturated heterocycles. The van der Waals surface area contributed by atoms with Gasteiger partial charge in [0.2, 0.25) is 0 Å². The van der Waals surface area contributed by atoms with E-state index < -0.39 is 0 Å². The quantitative estimate of drug-likeness (QED) is 0.279. The fourth-order valence-electron chi connectivity index (χ4n) is 2.79. The molecule has 2 aromatic heterocycles. The van der Waals surface area contributed by atoms with E-state index in [4.69, 9.17) is 4.99 Å². The molecule has 0 amide bonds. The number of aryl methyl sites for hydroxylation is 1. The predicted octanol–water partition coefficient (Wildman–Crippen LogP) is 4.02. The SMILES string of the molecule is Cc1nnc(CN=C(NCc2cccs2)NCC(C)(C)c2ccccc2)n1C.I. The first kappa shape index (κ1) is 23.3. The molecule has 156 valence electrons. The molecule has 0 aliphatic carbocycles. The van der Waals surface area contributed by atoms with E-state index in [1.54, 1.807) is 11.3 Å². The van der Waals surface area contributed by atoms with Crippen molar-refractivity contribution in [2.24, 2.45) is 12.0 Å². The second kappa shape index (κ2) is 10.7. The molecule has 1 aromatic carbocycles. The van der Waals surface area contributed by atoms with Crippen LogP contribution < -0.4 is 10.6 Å². The van der Waals surface area contributed by atoms with Crippen LogP contribution in [0.15, 0.2) is 52.8 Å². The van der Waals surface area contributed by atoms with Crippen molar-refractivity contribution in [2.45, 2.75) is 39.3 Å². The van der Waals surface area contributed by atoms with E-state index in [0.29, 0.717) is 6.54 Å².